The molecule has 0 aromatic rings. The molecule has 0 amide bonds. The molecule has 14 heavy (non-hydrogen) atoms. The third kappa shape index (κ3) is 7.18. The SMILES string of the molecule is CCCCCCCC[C@@H](N)C(F)(F)F. The maximum atomic E-state index is 12.0. The third-order valence-electron chi connectivity index (χ3n) is 2.29. The molecular weight excluding hydrogens is 191 g/mol. The highest BCUT2D eigenvalue weighted by Crippen LogP contribution is 2.22. The number of halogens is 3. The molecule has 0 aromatic carbocycles. The number of alkyl halides is 3. The molecule has 0 heterocycles. The summed E-state index contributed by atoms with van der Waals surface area (Å²) in [6.07, 6.45) is 1.77. The highest BCUT2D eigenvalue weighted by atomic mass is 19.4. The van der Waals surface area contributed by atoms with E-state index in [4.69, 9.17) is 5.73 Å². The fourth-order valence-corrected chi connectivity index (χ4v) is 1.31. The van der Waals surface area contributed by atoms with Gasteiger partial charge in [-0.2, -0.15) is 13.2 Å². The molecule has 0 bridgehead atoms. The smallest absolute Gasteiger partial charge is 0.320 e. The Morgan fingerprint density at radius 3 is 2.00 bits per heavy atom. The summed E-state index contributed by atoms with van der Waals surface area (Å²) in [7, 11) is 0. The van der Waals surface area contributed by atoms with Crippen LogP contribution in [-0.4, -0.2) is 12.2 Å². The van der Waals surface area contributed by atoms with Crippen molar-refractivity contribution in [2.75, 3.05) is 0 Å². The molecule has 0 aliphatic rings. The molecule has 0 aliphatic carbocycles. The minimum Gasteiger partial charge on any atom is -0.320 e. The van der Waals surface area contributed by atoms with Crippen LogP contribution < -0.4 is 5.73 Å². The van der Waals surface area contributed by atoms with Crippen molar-refractivity contribution < 1.29 is 13.2 Å². The number of hydrogen-bond donors (Lipinski definition) is 1. The minimum atomic E-state index is -4.22. The fourth-order valence-electron chi connectivity index (χ4n) is 1.31. The largest absolute Gasteiger partial charge is 0.403 e. The quantitative estimate of drug-likeness (QED) is 0.639. The monoisotopic (exact) mass is 211 g/mol. The maximum absolute atomic E-state index is 12.0. The van der Waals surface area contributed by atoms with E-state index in [9.17, 15) is 13.2 Å². The van der Waals surface area contributed by atoms with Gasteiger partial charge in [0, 0.05) is 0 Å². The van der Waals surface area contributed by atoms with Crippen LogP contribution in [0.2, 0.25) is 0 Å². The highest BCUT2D eigenvalue weighted by molar-refractivity contribution is 4.69. The molecule has 0 saturated carbocycles. The average molecular weight is 211 g/mol. The van der Waals surface area contributed by atoms with Crippen molar-refractivity contribution >= 4 is 0 Å². The summed E-state index contributed by atoms with van der Waals surface area (Å²) in [6, 6.07) is -1.63. The zero-order valence-corrected chi connectivity index (χ0v) is 8.74. The average Bonchev–Trinajstić information content (AvgIpc) is 2.09. The molecule has 0 fully saturated rings. The van der Waals surface area contributed by atoms with E-state index in [1.807, 2.05) is 0 Å². The van der Waals surface area contributed by atoms with Crippen molar-refractivity contribution in [1.82, 2.24) is 0 Å². The van der Waals surface area contributed by atoms with Crippen LogP contribution >= 0.6 is 0 Å². The van der Waals surface area contributed by atoms with E-state index in [0.29, 0.717) is 6.42 Å². The van der Waals surface area contributed by atoms with Crippen LogP contribution in [0.3, 0.4) is 0 Å². The van der Waals surface area contributed by atoms with Gasteiger partial charge in [-0.05, 0) is 6.42 Å². The first-order valence-corrected chi connectivity index (χ1v) is 5.30. The van der Waals surface area contributed by atoms with Gasteiger partial charge in [0.05, 0.1) is 0 Å². The predicted molar refractivity (Wildman–Crippen MR) is 52.0 cm³/mol. The summed E-state index contributed by atoms with van der Waals surface area (Å²) >= 11 is 0. The second-order valence-corrected chi connectivity index (χ2v) is 3.70. The van der Waals surface area contributed by atoms with Crippen molar-refractivity contribution in [2.24, 2.45) is 5.73 Å². The second-order valence-electron chi connectivity index (χ2n) is 3.70. The first-order valence-electron chi connectivity index (χ1n) is 5.30. The van der Waals surface area contributed by atoms with E-state index < -0.39 is 12.2 Å². The Morgan fingerprint density at radius 2 is 1.50 bits per heavy atom. The molecule has 0 rings (SSSR count). The molecule has 86 valence electrons. The molecular formula is C10H20F3N. The van der Waals surface area contributed by atoms with Gasteiger partial charge in [0.1, 0.15) is 6.04 Å². The lowest BCUT2D eigenvalue weighted by atomic mass is 10.1. The van der Waals surface area contributed by atoms with E-state index in [0.717, 1.165) is 25.7 Å². The van der Waals surface area contributed by atoms with Gasteiger partial charge in [0.2, 0.25) is 0 Å². The molecule has 0 radical (unpaired) electrons. The van der Waals surface area contributed by atoms with Crippen molar-refractivity contribution in [2.45, 2.75) is 64.1 Å². The summed E-state index contributed by atoms with van der Waals surface area (Å²) < 4.78 is 35.9. The lowest BCUT2D eigenvalue weighted by Crippen LogP contribution is -2.37. The highest BCUT2D eigenvalue weighted by Gasteiger charge is 2.35. The number of unbranched alkanes of at least 4 members (excludes halogenated alkanes) is 5. The van der Waals surface area contributed by atoms with Gasteiger partial charge >= 0.3 is 6.18 Å². The standard InChI is InChI=1S/C10H20F3N/c1-2-3-4-5-6-7-8-9(14)10(11,12)13/h9H,2-8,14H2,1H3/t9-/m1/s1. The molecule has 0 aromatic heterocycles. The van der Waals surface area contributed by atoms with Gasteiger partial charge in [-0.1, -0.05) is 45.4 Å². The Morgan fingerprint density at radius 1 is 1.00 bits per heavy atom. The maximum Gasteiger partial charge on any atom is 0.403 e. The molecule has 2 N–H and O–H groups in total. The topological polar surface area (TPSA) is 26.0 Å². The molecule has 1 nitrogen and oxygen atoms in total. The normalized spacial score (nSPS) is 14.4. The first-order chi connectivity index (χ1) is 6.48. The molecule has 4 heteroatoms. The van der Waals surface area contributed by atoms with E-state index in [-0.39, 0.29) is 6.42 Å². The van der Waals surface area contributed by atoms with Crippen LogP contribution in [0.25, 0.3) is 0 Å². The summed E-state index contributed by atoms with van der Waals surface area (Å²) in [5.41, 5.74) is 4.97. The Bertz CT molecular complexity index is 134. The lowest BCUT2D eigenvalue weighted by molar-refractivity contribution is -0.149. The number of rotatable bonds is 7. The number of nitrogens with two attached hydrogens (primary N) is 1. The Hall–Kier alpha value is -0.250. The van der Waals surface area contributed by atoms with Crippen LogP contribution in [0, 0.1) is 0 Å². The molecule has 1 atom stereocenters. The van der Waals surface area contributed by atoms with E-state index in [1.54, 1.807) is 0 Å². The summed E-state index contributed by atoms with van der Waals surface area (Å²) in [6.45, 7) is 2.11. The van der Waals surface area contributed by atoms with Crippen molar-refractivity contribution in [3.63, 3.8) is 0 Å². The first kappa shape index (κ1) is 13.8. The molecule has 0 spiro atoms. The zero-order chi connectivity index (χ0) is 11.0. The Kier molecular flexibility index (Phi) is 6.97. The Labute approximate surface area is 83.9 Å². The summed E-state index contributed by atoms with van der Waals surface area (Å²) in [5, 5.41) is 0. The zero-order valence-electron chi connectivity index (χ0n) is 8.74. The molecule has 0 unspecified atom stereocenters. The van der Waals surface area contributed by atoms with Crippen molar-refractivity contribution in [1.29, 1.82) is 0 Å². The van der Waals surface area contributed by atoms with Gasteiger partial charge in [0.15, 0.2) is 0 Å². The van der Waals surface area contributed by atoms with Crippen LogP contribution in [0.1, 0.15) is 51.9 Å². The van der Waals surface area contributed by atoms with Gasteiger partial charge in [-0.3, -0.25) is 0 Å². The predicted octanol–water partition coefficient (Wildman–Crippen LogP) is 3.63. The fraction of sp³-hybridized carbons (Fsp3) is 1.00. The van der Waals surface area contributed by atoms with Crippen LogP contribution in [0.15, 0.2) is 0 Å². The van der Waals surface area contributed by atoms with Gasteiger partial charge < -0.3 is 5.73 Å². The third-order valence-corrected chi connectivity index (χ3v) is 2.29. The van der Waals surface area contributed by atoms with E-state index in [1.165, 1.54) is 6.42 Å². The van der Waals surface area contributed by atoms with Crippen molar-refractivity contribution in [3.05, 3.63) is 0 Å². The Balaban J connectivity index is 3.28. The van der Waals surface area contributed by atoms with Gasteiger partial charge in [-0.15, -0.1) is 0 Å². The molecule has 0 saturated heterocycles. The van der Waals surface area contributed by atoms with E-state index >= 15 is 0 Å². The summed E-state index contributed by atoms with van der Waals surface area (Å²) in [4.78, 5) is 0. The van der Waals surface area contributed by atoms with Crippen molar-refractivity contribution in [3.8, 4) is 0 Å². The number of hydrogen-bond acceptors (Lipinski definition) is 1. The summed E-state index contributed by atoms with van der Waals surface area (Å²) in [5.74, 6) is 0. The van der Waals surface area contributed by atoms with Crippen LogP contribution in [0.4, 0.5) is 13.2 Å². The minimum absolute atomic E-state index is 0.0651. The van der Waals surface area contributed by atoms with Crippen LogP contribution in [-0.2, 0) is 0 Å². The van der Waals surface area contributed by atoms with Crippen LogP contribution in [0.5, 0.6) is 0 Å². The lowest BCUT2D eigenvalue weighted by Gasteiger charge is -2.14. The molecule has 0 aliphatic heterocycles. The second kappa shape index (κ2) is 7.10. The van der Waals surface area contributed by atoms with Gasteiger partial charge in [-0.25, -0.2) is 0 Å². The van der Waals surface area contributed by atoms with E-state index in [2.05, 4.69) is 6.92 Å². The van der Waals surface area contributed by atoms with Gasteiger partial charge in [0.25, 0.3) is 0 Å².